The molecule has 0 spiro atoms. The number of hydrogen-bond donors (Lipinski definition) is 1. The summed E-state index contributed by atoms with van der Waals surface area (Å²) in [7, 11) is -3.54. The van der Waals surface area contributed by atoms with Crippen LogP contribution in [-0.4, -0.2) is 50.0 Å². The zero-order chi connectivity index (χ0) is 28.6. The van der Waals surface area contributed by atoms with Crippen LogP contribution in [0.15, 0.2) is 42.5 Å². The quantitative estimate of drug-likeness (QED) is 0.379. The Balaban J connectivity index is 1.78. The van der Waals surface area contributed by atoms with Crippen molar-refractivity contribution in [2.45, 2.75) is 97.7 Å². The van der Waals surface area contributed by atoms with E-state index in [2.05, 4.69) is 5.32 Å². The molecule has 1 saturated carbocycles. The number of aryl methyl sites for hydroxylation is 2. The molecule has 2 aromatic rings. The van der Waals surface area contributed by atoms with Crippen molar-refractivity contribution in [3.8, 4) is 0 Å². The highest BCUT2D eigenvalue weighted by atomic mass is 32.2. The van der Waals surface area contributed by atoms with Crippen molar-refractivity contribution in [3.63, 3.8) is 0 Å². The van der Waals surface area contributed by atoms with Crippen LogP contribution in [0.5, 0.6) is 0 Å². The molecule has 3 rings (SSSR count). The van der Waals surface area contributed by atoms with Gasteiger partial charge >= 0.3 is 0 Å². The maximum absolute atomic E-state index is 13.7. The number of benzene rings is 2. The predicted molar refractivity (Wildman–Crippen MR) is 158 cm³/mol. The Labute approximate surface area is 235 Å². The van der Waals surface area contributed by atoms with E-state index in [1.54, 1.807) is 11.0 Å². The second kappa shape index (κ2) is 14.0. The molecule has 1 N–H and O–H groups in total. The lowest BCUT2D eigenvalue weighted by Crippen LogP contribution is -2.51. The molecule has 1 aliphatic rings. The lowest BCUT2D eigenvalue weighted by Gasteiger charge is -2.33. The van der Waals surface area contributed by atoms with Gasteiger partial charge in [0.1, 0.15) is 6.04 Å². The maximum atomic E-state index is 13.7. The van der Waals surface area contributed by atoms with Crippen molar-refractivity contribution in [2.24, 2.45) is 0 Å². The van der Waals surface area contributed by atoms with Crippen molar-refractivity contribution in [2.75, 3.05) is 17.1 Å². The molecule has 0 bridgehead atoms. The highest BCUT2D eigenvalue weighted by Gasteiger charge is 2.30. The Kier molecular flexibility index (Phi) is 11.0. The third-order valence-corrected chi connectivity index (χ3v) is 8.95. The number of carbonyl (C=O) groups excluding carboxylic acids is 2. The number of carbonyl (C=O) groups is 2. The Hall–Kier alpha value is -2.87. The summed E-state index contributed by atoms with van der Waals surface area (Å²) in [4.78, 5) is 28.8. The van der Waals surface area contributed by atoms with Gasteiger partial charge in [-0.05, 0) is 69.2 Å². The van der Waals surface area contributed by atoms with Gasteiger partial charge in [0.15, 0.2) is 0 Å². The van der Waals surface area contributed by atoms with Crippen LogP contribution in [0.25, 0.3) is 0 Å². The third kappa shape index (κ3) is 8.56. The van der Waals surface area contributed by atoms with Crippen LogP contribution in [0.2, 0.25) is 0 Å². The second-order valence-corrected chi connectivity index (χ2v) is 12.8. The number of nitrogens with zero attached hydrogens (tertiary/aromatic N) is 2. The average molecular weight is 556 g/mol. The monoisotopic (exact) mass is 555 g/mol. The van der Waals surface area contributed by atoms with Crippen molar-refractivity contribution >= 4 is 27.5 Å². The number of rotatable bonds is 12. The van der Waals surface area contributed by atoms with E-state index in [1.165, 1.54) is 17.0 Å². The van der Waals surface area contributed by atoms with E-state index in [4.69, 9.17) is 0 Å². The van der Waals surface area contributed by atoms with E-state index in [9.17, 15) is 18.0 Å². The summed E-state index contributed by atoms with van der Waals surface area (Å²) in [5, 5.41) is 3.21. The molecule has 8 heteroatoms. The molecule has 2 amide bonds. The highest BCUT2D eigenvalue weighted by Crippen LogP contribution is 2.26. The van der Waals surface area contributed by atoms with Crippen LogP contribution in [0.4, 0.5) is 5.69 Å². The largest absolute Gasteiger partial charge is 0.352 e. The van der Waals surface area contributed by atoms with Crippen LogP contribution < -0.4 is 9.62 Å². The molecule has 1 atom stereocenters. The number of amides is 2. The van der Waals surface area contributed by atoms with E-state index in [0.717, 1.165) is 47.9 Å². The van der Waals surface area contributed by atoms with E-state index < -0.39 is 16.1 Å². The predicted octanol–water partition coefficient (Wildman–Crippen LogP) is 5.41. The van der Waals surface area contributed by atoms with Gasteiger partial charge in [0, 0.05) is 25.6 Å². The minimum absolute atomic E-state index is 0.0986. The smallest absolute Gasteiger partial charge is 0.243 e. The van der Waals surface area contributed by atoms with E-state index in [0.29, 0.717) is 25.1 Å². The fourth-order valence-corrected chi connectivity index (χ4v) is 6.48. The van der Waals surface area contributed by atoms with Gasteiger partial charge in [-0.2, -0.15) is 0 Å². The van der Waals surface area contributed by atoms with Crippen LogP contribution in [-0.2, 0) is 26.2 Å². The molecule has 0 heterocycles. The number of anilines is 1. The van der Waals surface area contributed by atoms with Gasteiger partial charge in [-0.25, -0.2) is 8.42 Å². The summed E-state index contributed by atoms with van der Waals surface area (Å²) in [5.74, 6) is -0.241. The number of hydrogen-bond acceptors (Lipinski definition) is 4. The van der Waals surface area contributed by atoms with E-state index in [1.807, 2.05) is 64.1 Å². The molecule has 0 aromatic heterocycles. The fraction of sp³-hybridized carbons (Fsp3) is 0.548. The highest BCUT2D eigenvalue weighted by molar-refractivity contribution is 7.92. The zero-order valence-corrected chi connectivity index (χ0v) is 25.0. The van der Waals surface area contributed by atoms with Crippen molar-refractivity contribution < 1.29 is 18.0 Å². The normalized spacial score (nSPS) is 15.0. The molecule has 1 aliphatic carbocycles. The lowest BCUT2D eigenvalue weighted by atomic mass is 9.95. The average Bonchev–Trinajstić information content (AvgIpc) is 2.88. The molecule has 7 nitrogen and oxygen atoms in total. The molecule has 214 valence electrons. The molecule has 0 saturated heterocycles. The topological polar surface area (TPSA) is 86.8 Å². The van der Waals surface area contributed by atoms with Crippen LogP contribution in [0.1, 0.15) is 80.5 Å². The molecule has 39 heavy (non-hydrogen) atoms. The molecule has 0 unspecified atom stereocenters. The van der Waals surface area contributed by atoms with Crippen LogP contribution in [0, 0.1) is 20.8 Å². The van der Waals surface area contributed by atoms with Gasteiger partial charge in [0.25, 0.3) is 0 Å². The number of sulfonamides is 1. The molecule has 2 aromatic carbocycles. The van der Waals surface area contributed by atoms with E-state index in [-0.39, 0.29) is 30.8 Å². The molecule has 0 radical (unpaired) electrons. The van der Waals surface area contributed by atoms with Gasteiger partial charge < -0.3 is 10.2 Å². The van der Waals surface area contributed by atoms with Gasteiger partial charge in [-0.3, -0.25) is 13.9 Å². The summed E-state index contributed by atoms with van der Waals surface area (Å²) >= 11 is 0. The fourth-order valence-electron chi connectivity index (χ4n) is 5.46. The Morgan fingerprint density at radius 1 is 1.03 bits per heavy atom. The first-order chi connectivity index (χ1) is 18.5. The number of nitrogens with one attached hydrogen (secondary N) is 1. The lowest BCUT2D eigenvalue weighted by molar-refractivity contribution is -0.141. The van der Waals surface area contributed by atoms with Gasteiger partial charge in [-0.15, -0.1) is 0 Å². The molecule has 0 aliphatic heterocycles. The second-order valence-electron chi connectivity index (χ2n) is 10.9. The zero-order valence-electron chi connectivity index (χ0n) is 24.2. The van der Waals surface area contributed by atoms with Crippen molar-refractivity contribution in [1.29, 1.82) is 0 Å². The third-order valence-electron chi connectivity index (χ3n) is 7.77. The molecular formula is C31H45N3O4S. The van der Waals surface area contributed by atoms with Crippen molar-refractivity contribution in [3.05, 3.63) is 64.7 Å². The SMILES string of the molecule is CC[C@H](C(=O)NC1CCCCC1)N(Cc1cccc(C)c1)C(=O)CCCN(c1cccc(C)c1C)S(C)(=O)=O. The Morgan fingerprint density at radius 2 is 1.72 bits per heavy atom. The first-order valence-electron chi connectivity index (χ1n) is 14.2. The molecular weight excluding hydrogens is 510 g/mol. The minimum Gasteiger partial charge on any atom is -0.352 e. The first kappa shape index (κ1) is 30.7. The standard InChI is InChI=1S/C31H45N3O4S/c1-6-28(31(36)32-27-16-8-7-9-17-27)33(22-26-15-10-13-23(2)21-26)30(35)19-12-20-34(39(5,37)38)29-18-11-14-24(3)25(29)4/h10-11,13-15,18,21,27-28H,6-9,12,16-17,19-20,22H2,1-5H3,(H,32,36)/t28-/m1/s1. The summed E-state index contributed by atoms with van der Waals surface area (Å²) in [6.07, 6.45) is 7.60. The Morgan fingerprint density at radius 3 is 2.36 bits per heavy atom. The van der Waals surface area contributed by atoms with Gasteiger partial charge in [0.2, 0.25) is 21.8 Å². The summed E-state index contributed by atoms with van der Waals surface area (Å²) in [6.45, 7) is 8.34. The first-order valence-corrected chi connectivity index (χ1v) is 16.1. The summed E-state index contributed by atoms with van der Waals surface area (Å²) in [5.41, 5.74) is 4.62. The van der Waals surface area contributed by atoms with Gasteiger partial charge in [-0.1, -0.05) is 68.1 Å². The minimum atomic E-state index is -3.54. The van der Waals surface area contributed by atoms with Crippen LogP contribution >= 0.6 is 0 Å². The Bertz CT molecular complexity index is 1240. The van der Waals surface area contributed by atoms with Gasteiger partial charge in [0.05, 0.1) is 11.9 Å². The molecule has 1 fully saturated rings. The summed E-state index contributed by atoms with van der Waals surface area (Å²) < 4.78 is 26.8. The maximum Gasteiger partial charge on any atom is 0.243 e. The van der Waals surface area contributed by atoms with Crippen molar-refractivity contribution in [1.82, 2.24) is 10.2 Å². The van der Waals surface area contributed by atoms with Crippen LogP contribution in [0.3, 0.4) is 0 Å². The van der Waals surface area contributed by atoms with E-state index >= 15 is 0 Å². The summed E-state index contributed by atoms with van der Waals surface area (Å²) in [6, 6.07) is 13.2.